The van der Waals surface area contributed by atoms with Crippen LogP contribution >= 0.6 is 0 Å². The van der Waals surface area contributed by atoms with Crippen molar-refractivity contribution in [1.29, 1.82) is 0 Å². The third-order valence-electron chi connectivity index (χ3n) is 5.49. The Morgan fingerprint density at radius 2 is 1.12 bits per heavy atom. The minimum atomic E-state index is -0.0117. The molecule has 2 heteroatoms. The van der Waals surface area contributed by atoms with Gasteiger partial charge in [-0.15, -0.1) is 0 Å². The molecule has 1 atom stereocenters. The number of esters is 1. The first kappa shape index (κ1) is 25.5. The van der Waals surface area contributed by atoms with E-state index in [9.17, 15) is 4.79 Å². The molecule has 0 aromatic carbocycles. The quantitative estimate of drug-likeness (QED) is 0.160. The van der Waals surface area contributed by atoms with E-state index in [0.717, 1.165) is 18.8 Å². The summed E-state index contributed by atoms with van der Waals surface area (Å²) in [6, 6.07) is 0. The van der Waals surface area contributed by atoms with Crippen LogP contribution in [0.1, 0.15) is 136 Å². The standard InChI is InChI=1S/C24H48O2/c1-4-22-26-24(25)21-19-17-15-13-11-9-7-6-8-10-12-14-16-18-20-23(3)5-2/h23H,4-22H2,1-3H3. The average molecular weight is 369 g/mol. The summed E-state index contributed by atoms with van der Waals surface area (Å²) in [5, 5.41) is 0. The van der Waals surface area contributed by atoms with E-state index < -0.39 is 0 Å². The van der Waals surface area contributed by atoms with Gasteiger partial charge in [0.05, 0.1) is 6.61 Å². The molecule has 0 spiro atoms. The highest BCUT2D eigenvalue weighted by Crippen LogP contribution is 2.16. The number of unbranched alkanes of at least 4 members (excludes halogenated alkanes) is 13. The molecule has 0 aromatic rings. The van der Waals surface area contributed by atoms with Crippen molar-refractivity contribution < 1.29 is 9.53 Å². The summed E-state index contributed by atoms with van der Waals surface area (Å²) in [6.07, 6.45) is 23.4. The van der Waals surface area contributed by atoms with Crippen molar-refractivity contribution >= 4 is 5.97 Å². The largest absolute Gasteiger partial charge is 0.466 e. The fraction of sp³-hybridized carbons (Fsp3) is 0.958. The maximum atomic E-state index is 11.4. The molecule has 0 radical (unpaired) electrons. The van der Waals surface area contributed by atoms with Crippen molar-refractivity contribution in [2.75, 3.05) is 6.61 Å². The van der Waals surface area contributed by atoms with Gasteiger partial charge in [0.15, 0.2) is 0 Å². The van der Waals surface area contributed by atoms with Gasteiger partial charge in [0, 0.05) is 6.42 Å². The van der Waals surface area contributed by atoms with Crippen LogP contribution in [0.4, 0.5) is 0 Å². The second kappa shape index (κ2) is 20.8. The fourth-order valence-electron chi connectivity index (χ4n) is 3.38. The van der Waals surface area contributed by atoms with Gasteiger partial charge in [-0.3, -0.25) is 4.79 Å². The molecule has 0 saturated carbocycles. The highest BCUT2D eigenvalue weighted by atomic mass is 16.5. The molecular weight excluding hydrogens is 320 g/mol. The monoisotopic (exact) mass is 368 g/mol. The first-order valence-corrected chi connectivity index (χ1v) is 11.9. The van der Waals surface area contributed by atoms with Crippen LogP contribution in [0, 0.1) is 5.92 Å². The molecule has 2 nitrogen and oxygen atoms in total. The molecule has 0 aromatic heterocycles. The van der Waals surface area contributed by atoms with Crippen molar-refractivity contribution in [3.63, 3.8) is 0 Å². The Kier molecular flexibility index (Phi) is 20.4. The first-order chi connectivity index (χ1) is 12.7. The highest BCUT2D eigenvalue weighted by Gasteiger charge is 2.01. The van der Waals surface area contributed by atoms with Crippen LogP contribution in [0.25, 0.3) is 0 Å². The van der Waals surface area contributed by atoms with Gasteiger partial charge in [-0.25, -0.2) is 0 Å². The summed E-state index contributed by atoms with van der Waals surface area (Å²) in [6.45, 7) is 7.29. The zero-order valence-corrected chi connectivity index (χ0v) is 18.3. The third-order valence-corrected chi connectivity index (χ3v) is 5.49. The number of carbonyl (C=O) groups is 1. The van der Waals surface area contributed by atoms with Gasteiger partial charge >= 0.3 is 5.97 Å². The van der Waals surface area contributed by atoms with Crippen molar-refractivity contribution in [3.8, 4) is 0 Å². The van der Waals surface area contributed by atoms with E-state index in [0.29, 0.717) is 13.0 Å². The maximum absolute atomic E-state index is 11.4. The van der Waals surface area contributed by atoms with E-state index in [1.807, 2.05) is 6.92 Å². The predicted molar refractivity (Wildman–Crippen MR) is 115 cm³/mol. The Morgan fingerprint density at radius 1 is 0.692 bits per heavy atom. The molecule has 0 bridgehead atoms. The van der Waals surface area contributed by atoms with E-state index in [4.69, 9.17) is 4.74 Å². The smallest absolute Gasteiger partial charge is 0.305 e. The third kappa shape index (κ3) is 19.8. The summed E-state index contributed by atoms with van der Waals surface area (Å²) in [5.41, 5.74) is 0. The minimum Gasteiger partial charge on any atom is -0.466 e. The normalized spacial score (nSPS) is 12.3. The number of ether oxygens (including phenoxy) is 1. The van der Waals surface area contributed by atoms with E-state index in [2.05, 4.69) is 13.8 Å². The molecule has 156 valence electrons. The second-order valence-electron chi connectivity index (χ2n) is 8.22. The molecule has 0 N–H and O–H groups in total. The molecule has 26 heavy (non-hydrogen) atoms. The van der Waals surface area contributed by atoms with Crippen molar-refractivity contribution in [3.05, 3.63) is 0 Å². The lowest BCUT2D eigenvalue weighted by molar-refractivity contribution is -0.143. The fourth-order valence-corrected chi connectivity index (χ4v) is 3.38. The SMILES string of the molecule is CCCOC(=O)CCCCCCCCCCCCCCCCC(C)CC. The Hall–Kier alpha value is -0.530. The van der Waals surface area contributed by atoms with Crippen LogP contribution in [0.3, 0.4) is 0 Å². The van der Waals surface area contributed by atoms with Crippen LogP contribution in [0.5, 0.6) is 0 Å². The first-order valence-electron chi connectivity index (χ1n) is 11.9. The van der Waals surface area contributed by atoms with Crippen LogP contribution in [0.15, 0.2) is 0 Å². The zero-order valence-electron chi connectivity index (χ0n) is 18.3. The minimum absolute atomic E-state index is 0.0117. The number of rotatable bonds is 20. The van der Waals surface area contributed by atoms with Gasteiger partial charge in [0.1, 0.15) is 0 Å². The van der Waals surface area contributed by atoms with Gasteiger partial charge in [-0.05, 0) is 18.8 Å². The van der Waals surface area contributed by atoms with Gasteiger partial charge in [-0.2, -0.15) is 0 Å². The molecule has 0 aliphatic carbocycles. The zero-order chi connectivity index (χ0) is 19.3. The van der Waals surface area contributed by atoms with Crippen molar-refractivity contribution in [1.82, 2.24) is 0 Å². The average Bonchev–Trinajstić information content (AvgIpc) is 2.65. The summed E-state index contributed by atoms with van der Waals surface area (Å²) in [7, 11) is 0. The van der Waals surface area contributed by atoms with E-state index in [1.54, 1.807) is 0 Å². The molecular formula is C24H48O2. The number of carbonyl (C=O) groups excluding carboxylic acids is 1. The molecule has 0 heterocycles. The van der Waals surface area contributed by atoms with Gasteiger partial charge < -0.3 is 4.74 Å². The van der Waals surface area contributed by atoms with Gasteiger partial charge in [-0.1, -0.05) is 117 Å². The Balaban J connectivity index is 3.08. The molecule has 0 aliphatic rings. The molecule has 1 unspecified atom stereocenters. The van der Waals surface area contributed by atoms with E-state index in [-0.39, 0.29) is 5.97 Å². The Labute approximate surface area is 164 Å². The number of hydrogen-bond acceptors (Lipinski definition) is 2. The van der Waals surface area contributed by atoms with Gasteiger partial charge in [0.2, 0.25) is 0 Å². The molecule has 0 rings (SSSR count). The lowest BCUT2D eigenvalue weighted by Crippen LogP contribution is -2.04. The van der Waals surface area contributed by atoms with Crippen LogP contribution < -0.4 is 0 Å². The van der Waals surface area contributed by atoms with E-state index in [1.165, 1.54) is 96.3 Å². The maximum Gasteiger partial charge on any atom is 0.305 e. The van der Waals surface area contributed by atoms with E-state index >= 15 is 0 Å². The van der Waals surface area contributed by atoms with Crippen LogP contribution in [0.2, 0.25) is 0 Å². The lowest BCUT2D eigenvalue weighted by atomic mass is 9.99. The predicted octanol–water partition coefficient (Wildman–Crippen LogP) is 8.23. The van der Waals surface area contributed by atoms with Crippen molar-refractivity contribution in [2.24, 2.45) is 5.92 Å². The molecule has 0 aliphatic heterocycles. The summed E-state index contributed by atoms with van der Waals surface area (Å²) in [4.78, 5) is 11.4. The molecule has 0 amide bonds. The Morgan fingerprint density at radius 3 is 1.54 bits per heavy atom. The summed E-state index contributed by atoms with van der Waals surface area (Å²) < 4.78 is 5.09. The summed E-state index contributed by atoms with van der Waals surface area (Å²) >= 11 is 0. The second-order valence-corrected chi connectivity index (χ2v) is 8.22. The Bertz CT molecular complexity index is 288. The highest BCUT2D eigenvalue weighted by molar-refractivity contribution is 5.69. The summed E-state index contributed by atoms with van der Waals surface area (Å²) in [5.74, 6) is 0.916. The van der Waals surface area contributed by atoms with Crippen molar-refractivity contribution in [2.45, 2.75) is 136 Å². The lowest BCUT2D eigenvalue weighted by Gasteiger charge is -2.07. The van der Waals surface area contributed by atoms with Gasteiger partial charge in [0.25, 0.3) is 0 Å². The molecule has 0 fully saturated rings. The number of hydrogen-bond donors (Lipinski definition) is 0. The molecule has 0 saturated heterocycles. The van der Waals surface area contributed by atoms with Crippen LogP contribution in [-0.2, 0) is 9.53 Å². The topological polar surface area (TPSA) is 26.3 Å². The van der Waals surface area contributed by atoms with Crippen LogP contribution in [-0.4, -0.2) is 12.6 Å².